The Kier molecular flexibility index (Phi) is 16.8. The predicted octanol–water partition coefficient (Wildman–Crippen LogP) is 6.09. The summed E-state index contributed by atoms with van der Waals surface area (Å²) in [5.41, 5.74) is 2.23. The van der Waals surface area contributed by atoms with Gasteiger partial charge in [-0.15, -0.1) is 34.0 Å². The quantitative estimate of drug-likeness (QED) is 0.170. The number of phenolic OH excluding ortho intramolecular Hbond substituents is 2. The third-order valence-electron chi connectivity index (χ3n) is 4.66. The number of aromatic hydroxyl groups is 2. The van der Waals surface area contributed by atoms with Crippen molar-refractivity contribution in [1.29, 1.82) is 0 Å². The molecule has 0 radical (unpaired) electrons. The SMILES string of the molecule is Br.Br.Oc1ccc(CCNCCCCCCNCCc2ccc(Cl)c(Cl)c2)cc1O. The molecule has 4 N–H and O–H groups in total. The Morgan fingerprint density at radius 1 is 0.600 bits per heavy atom. The summed E-state index contributed by atoms with van der Waals surface area (Å²) in [7, 11) is 0. The van der Waals surface area contributed by atoms with Crippen molar-refractivity contribution in [2.75, 3.05) is 26.2 Å². The normalized spacial score (nSPS) is 10.3. The number of hydrogen-bond acceptors (Lipinski definition) is 4. The van der Waals surface area contributed by atoms with E-state index in [-0.39, 0.29) is 45.5 Å². The average molecular weight is 587 g/mol. The summed E-state index contributed by atoms with van der Waals surface area (Å²) >= 11 is 11.9. The Labute approximate surface area is 210 Å². The number of rotatable bonds is 13. The van der Waals surface area contributed by atoms with E-state index in [4.69, 9.17) is 23.2 Å². The zero-order valence-electron chi connectivity index (χ0n) is 17.0. The molecule has 0 aliphatic carbocycles. The highest BCUT2D eigenvalue weighted by atomic mass is 79.9. The van der Waals surface area contributed by atoms with E-state index < -0.39 is 0 Å². The molecule has 0 fully saturated rings. The van der Waals surface area contributed by atoms with Crippen molar-refractivity contribution in [3.05, 3.63) is 57.6 Å². The number of unbranched alkanes of at least 4 members (excludes halogenated alkanes) is 3. The molecule has 0 aromatic heterocycles. The van der Waals surface area contributed by atoms with Crippen LogP contribution in [0, 0.1) is 0 Å². The van der Waals surface area contributed by atoms with E-state index in [0.29, 0.717) is 10.0 Å². The van der Waals surface area contributed by atoms with Crippen LogP contribution in [0.3, 0.4) is 0 Å². The van der Waals surface area contributed by atoms with E-state index in [2.05, 4.69) is 10.6 Å². The molecule has 0 saturated heterocycles. The largest absolute Gasteiger partial charge is 0.504 e. The van der Waals surface area contributed by atoms with Gasteiger partial charge in [0.15, 0.2) is 11.5 Å². The van der Waals surface area contributed by atoms with Gasteiger partial charge < -0.3 is 20.8 Å². The van der Waals surface area contributed by atoms with Crippen molar-refractivity contribution in [2.45, 2.75) is 38.5 Å². The Bertz CT molecular complexity index is 675. The first-order valence-electron chi connectivity index (χ1n) is 9.92. The van der Waals surface area contributed by atoms with E-state index in [1.54, 1.807) is 6.07 Å². The zero-order valence-corrected chi connectivity index (χ0v) is 21.9. The maximum Gasteiger partial charge on any atom is 0.157 e. The maximum absolute atomic E-state index is 9.47. The van der Waals surface area contributed by atoms with Gasteiger partial charge in [0.05, 0.1) is 10.0 Å². The fraction of sp³-hybridized carbons (Fsp3) is 0.455. The summed E-state index contributed by atoms with van der Waals surface area (Å²) in [5, 5.41) is 26.9. The average Bonchev–Trinajstić information content (AvgIpc) is 2.68. The molecule has 0 amide bonds. The van der Waals surface area contributed by atoms with Gasteiger partial charge in [-0.2, -0.15) is 0 Å². The molecule has 0 spiro atoms. The molecule has 2 aromatic rings. The van der Waals surface area contributed by atoms with Gasteiger partial charge in [-0.3, -0.25) is 0 Å². The summed E-state index contributed by atoms with van der Waals surface area (Å²) < 4.78 is 0. The van der Waals surface area contributed by atoms with Crippen LogP contribution in [0.15, 0.2) is 36.4 Å². The van der Waals surface area contributed by atoms with Gasteiger partial charge in [-0.1, -0.05) is 48.2 Å². The van der Waals surface area contributed by atoms with Crippen molar-refractivity contribution in [2.24, 2.45) is 0 Å². The molecular formula is C22H32Br2Cl2N2O2. The Balaban J connectivity index is 0.00000420. The lowest BCUT2D eigenvalue weighted by atomic mass is 10.1. The van der Waals surface area contributed by atoms with Gasteiger partial charge in [0.25, 0.3) is 0 Å². The fourth-order valence-electron chi connectivity index (χ4n) is 2.99. The van der Waals surface area contributed by atoms with Gasteiger partial charge in [0.1, 0.15) is 0 Å². The predicted molar refractivity (Wildman–Crippen MR) is 138 cm³/mol. The minimum Gasteiger partial charge on any atom is -0.504 e. The molecule has 0 bridgehead atoms. The highest BCUT2D eigenvalue weighted by Crippen LogP contribution is 2.25. The highest BCUT2D eigenvalue weighted by molar-refractivity contribution is 8.93. The van der Waals surface area contributed by atoms with Crippen LogP contribution in [-0.2, 0) is 12.8 Å². The number of phenols is 2. The van der Waals surface area contributed by atoms with Crippen LogP contribution in [0.1, 0.15) is 36.8 Å². The second kappa shape index (κ2) is 17.1. The summed E-state index contributed by atoms with van der Waals surface area (Å²) in [5.74, 6) is -0.122. The van der Waals surface area contributed by atoms with Crippen molar-refractivity contribution >= 4 is 57.2 Å². The molecule has 0 aliphatic heterocycles. The van der Waals surface area contributed by atoms with Crippen LogP contribution in [0.4, 0.5) is 0 Å². The Morgan fingerprint density at radius 2 is 1.13 bits per heavy atom. The third kappa shape index (κ3) is 11.8. The maximum atomic E-state index is 9.47. The first-order chi connectivity index (χ1) is 13.6. The van der Waals surface area contributed by atoms with Gasteiger partial charge in [0.2, 0.25) is 0 Å². The first-order valence-corrected chi connectivity index (χ1v) is 10.7. The van der Waals surface area contributed by atoms with E-state index >= 15 is 0 Å². The molecule has 0 atom stereocenters. The Morgan fingerprint density at radius 3 is 1.67 bits per heavy atom. The summed E-state index contributed by atoms with van der Waals surface area (Å²) in [6, 6.07) is 10.8. The number of benzene rings is 2. The molecular weight excluding hydrogens is 555 g/mol. The molecule has 0 saturated carbocycles. The molecule has 8 heteroatoms. The molecule has 0 aliphatic rings. The summed E-state index contributed by atoms with van der Waals surface area (Å²) in [4.78, 5) is 0. The van der Waals surface area contributed by atoms with Crippen LogP contribution in [0.25, 0.3) is 0 Å². The van der Waals surface area contributed by atoms with E-state index in [1.165, 1.54) is 37.3 Å². The van der Waals surface area contributed by atoms with Crippen LogP contribution < -0.4 is 10.6 Å². The lowest BCUT2D eigenvalue weighted by molar-refractivity contribution is 0.403. The van der Waals surface area contributed by atoms with E-state index in [0.717, 1.165) is 44.6 Å². The number of hydrogen-bond donors (Lipinski definition) is 4. The van der Waals surface area contributed by atoms with Crippen molar-refractivity contribution < 1.29 is 10.2 Å². The molecule has 4 nitrogen and oxygen atoms in total. The lowest BCUT2D eigenvalue weighted by Crippen LogP contribution is -2.19. The molecule has 0 unspecified atom stereocenters. The van der Waals surface area contributed by atoms with Crippen molar-refractivity contribution in [3.8, 4) is 11.5 Å². The van der Waals surface area contributed by atoms with Crippen LogP contribution in [0.2, 0.25) is 10.0 Å². The third-order valence-corrected chi connectivity index (χ3v) is 5.40. The van der Waals surface area contributed by atoms with Gasteiger partial charge in [-0.25, -0.2) is 0 Å². The first kappa shape index (κ1) is 29.5. The van der Waals surface area contributed by atoms with Gasteiger partial charge >= 0.3 is 0 Å². The Hall–Kier alpha value is -0.500. The zero-order chi connectivity index (χ0) is 20.2. The summed E-state index contributed by atoms with van der Waals surface area (Å²) in [6.45, 7) is 3.88. The topological polar surface area (TPSA) is 64.5 Å². The standard InChI is InChI=1S/C22H30Cl2N2O2.2BrH/c23-19-7-5-17(15-20(19)24)9-13-25-11-3-1-2-4-12-26-14-10-18-6-8-21(27)22(28)16-18;;/h5-8,15-16,25-28H,1-4,9-14H2;2*1H. The van der Waals surface area contributed by atoms with Gasteiger partial charge in [0, 0.05) is 0 Å². The second-order valence-electron chi connectivity index (χ2n) is 6.99. The molecule has 0 heterocycles. The van der Waals surface area contributed by atoms with Crippen LogP contribution in [0.5, 0.6) is 11.5 Å². The van der Waals surface area contributed by atoms with Gasteiger partial charge in [-0.05, 0) is 87.3 Å². The number of halogens is 4. The van der Waals surface area contributed by atoms with Crippen LogP contribution >= 0.6 is 57.2 Å². The number of nitrogens with one attached hydrogen (secondary N) is 2. The smallest absolute Gasteiger partial charge is 0.157 e. The van der Waals surface area contributed by atoms with E-state index in [1.807, 2.05) is 24.3 Å². The highest BCUT2D eigenvalue weighted by Gasteiger charge is 2.01. The molecule has 30 heavy (non-hydrogen) atoms. The van der Waals surface area contributed by atoms with Crippen LogP contribution in [-0.4, -0.2) is 36.4 Å². The van der Waals surface area contributed by atoms with E-state index in [9.17, 15) is 10.2 Å². The summed E-state index contributed by atoms with van der Waals surface area (Å²) in [6.07, 6.45) is 6.61. The minimum absolute atomic E-state index is 0. The van der Waals surface area contributed by atoms with Crippen molar-refractivity contribution in [1.82, 2.24) is 10.6 Å². The van der Waals surface area contributed by atoms with Crippen molar-refractivity contribution in [3.63, 3.8) is 0 Å². The lowest BCUT2D eigenvalue weighted by Gasteiger charge is -2.07. The fourth-order valence-corrected chi connectivity index (χ4v) is 3.31. The monoisotopic (exact) mass is 584 g/mol. The second-order valence-corrected chi connectivity index (χ2v) is 7.80. The minimum atomic E-state index is -0.0689. The molecule has 170 valence electrons. The molecule has 2 rings (SSSR count). The molecule has 2 aromatic carbocycles.